The fourth-order valence-corrected chi connectivity index (χ4v) is 2.30. The number of halogens is 3. The van der Waals surface area contributed by atoms with Crippen LogP contribution in [0.5, 0.6) is 0 Å². The molecule has 6 heteroatoms. The molecule has 0 fully saturated rings. The molecule has 3 rings (SSSR count). The van der Waals surface area contributed by atoms with Crippen molar-refractivity contribution in [2.24, 2.45) is 0 Å². The molecule has 2 heterocycles. The Kier molecular flexibility index (Phi) is 2.94. The van der Waals surface area contributed by atoms with E-state index in [1.54, 1.807) is 17.6 Å². The van der Waals surface area contributed by atoms with Crippen LogP contribution in [-0.4, -0.2) is 14.5 Å². The van der Waals surface area contributed by atoms with E-state index in [4.69, 9.17) is 11.6 Å². The van der Waals surface area contributed by atoms with Gasteiger partial charge in [0, 0.05) is 6.07 Å². The first kappa shape index (κ1) is 13.0. The molecule has 0 amide bonds. The number of pyridine rings is 1. The molecule has 0 saturated heterocycles. The van der Waals surface area contributed by atoms with Gasteiger partial charge in [0.05, 0.1) is 5.69 Å². The lowest BCUT2D eigenvalue weighted by Gasteiger charge is -2.07. The average molecular weight is 294 g/mol. The van der Waals surface area contributed by atoms with Crippen LogP contribution in [0.4, 0.5) is 8.78 Å². The Balaban J connectivity index is 2.35. The summed E-state index contributed by atoms with van der Waals surface area (Å²) >= 11 is 6.02. The number of rotatable bonds is 1. The quantitative estimate of drug-likeness (QED) is 0.636. The molecule has 0 aliphatic heterocycles. The van der Waals surface area contributed by atoms with Gasteiger partial charge in [0.2, 0.25) is 0 Å². The number of benzene rings is 1. The number of fused-ring (bicyclic) bond motifs is 1. The Morgan fingerprint density at radius 1 is 1.00 bits per heavy atom. The second-order valence-corrected chi connectivity index (χ2v) is 4.92. The Morgan fingerprint density at radius 3 is 2.30 bits per heavy atom. The summed E-state index contributed by atoms with van der Waals surface area (Å²) in [5.41, 5.74) is 2.24. The van der Waals surface area contributed by atoms with E-state index in [1.807, 2.05) is 6.92 Å². The summed E-state index contributed by atoms with van der Waals surface area (Å²) in [6.07, 6.45) is 0. The van der Waals surface area contributed by atoms with Crippen LogP contribution in [-0.2, 0) is 0 Å². The van der Waals surface area contributed by atoms with Crippen molar-refractivity contribution in [1.29, 1.82) is 0 Å². The molecule has 20 heavy (non-hydrogen) atoms. The lowest BCUT2D eigenvalue weighted by molar-refractivity contribution is 0.581. The van der Waals surface area contributed by atoms with Crippen LogP contribution in [0.2, 0.25) is 5.15 Å². The molecule has 1 aromatic carbocycles. The van der Waals surface area contributed by atoms with Crippen LogP contribution < -0.4 is 0 Å². The van der Waals surface area contributed by atoms with Gasteiger partial charge in [-0.25, -0.2) is 18.7 Å². The Morgan fingerprint density at radius 2 is 1.65 bits per heavy atom. The van der Waals surface area contributed by atoms with Crippen LogP contribution >= 0.6 is 11.6 Å². The van der Waals surface area contributed by atoms with Gasteiger partial charge >= 0.3 is 0 Å². The smallest absolute Gasteiger partial charge is 0.166 e. The maximum atomic E-state index is 13.4. The van der Waals surface area contributed by atoms with Gasteiger partial charge in [-0.15, -0.1) is 0 Å². The highest BCUT2D eigenvalue weighted by Crippen LogP contribution is 2.24. The van der Waals surface area contributed by atoms with E-state index in [-0.39, 0.29) is 0 Å². The summed E-state index contributed by atoms with van der Waals surface area (Å²) < 4.78 is 28.3. The summed E-state index contributed by atoms with van der Waals surface area (Å²) in [5.74, 6) is -0.724. The third-order valence-electron chi connectivity index (χ3n) is 3.03. The summed E-state index contributed by atoms with van der Waals surface area (Å²) in [4.78, 5) is 8.60. The largest absolute Gasteiger partial charge is 0.281 e. The van der Waals surface area contributed by atoms with Crippen molar-refractivity contribution in [2.75, 3.05) is 0 Å². The molecule has 0 aliphatic rings. The first-order valence-electron chi connectivity index (χ1n) is 5.94. The number of hydrogen-bond donors (Lipinski definition) is 0. The molecule has 0 unspecified atom stereocenters. The second-order valence-electron chi connectivity index (χ2n) is 4.56. The molecule has 102 valence electrons. The van der Waals surface area contributed by atoms with Gasteiger partial charge in [-0.2, -0.15) is 0 Å². The molecular weight excluding hydrogens is 284 g/mol. The third kappa shape index (κ3) is 2.04. The van der Waals surface area contributed by atoms with Crippen LogP contribution in [0.15, 0.2) is 24.3 Å². The summed E-state index contributed by atoms with van der Waals surface area (Å²) in [6, 6.07) is 5.08. The van der Waals surface area contributed by atoms with Crippen molar-refractivity contribution in [3.8, 4) is 5.69 Å². The summed E-state index contributed by atoms with van der Waals surface area (Å²) in [6.45, 7) is 3.57. The van der Waals surface area contributed by atoms with E-state index >= 15 is 0 Å². The standard InChI is InChI=1S/C14H10ClF2N3/c1-7-3-12-14(19-13(7)15)20(8(2)18-12)11-5-9(16)4-10(17)6-11/h3-6H,1-2H3. The van der Waals surface area contributed by atoms with Crippen molar-refractivity contribution < 1.29 is 8.78 Å². The minimum absolute atomic E-state index is 0.329. The van der Waals surface area contributed by atoms with E-state index in [1.165, 1.54) is 12.1 Å². The molecule has 0 spiro atoms. The normalized spacial score (nSPS) is 11.2. The van der Waals surface area contributed by atoms with Crippen molar-refractivity contribution in [2.45, 2.75) is 13.8 Å². The van der Waals surface area contributed by atoms with E-state index in [0.29, 0.717) is 27.8 Å². The number of aromatic nitrogens is 3. The fraction of sp³-hybridized carbons (Fsp3) is 0.143. The molecule has 0 bridgehead atoms. The number of hydrogen-bond acceptors (Lipinski definition) is 2. The predicted octanol–water partition coefficient (Wildman–Crippen LogP) is 3.97. The highest BCUT2D eigenvalue weighted by atomic mass is 35.5. The zero-order chi connectivity index (χ0) is 14.4. The molecule has 3 aromatic rings. The van der Waals surface area contributed by atoms with Crippen molar-refractivity contribution in [1.82, 2.24) is 14.5 Å². The lowest BCUT2D eigenvalue weighted by atomic mass is 10.3. The van der Waals surface area contributed by atoms with Crippen LogP contribution in [0.3, 0.4) is 0 Å². The van der Waals surface area contributed by atoms with Gasteiger partial charge < -0.3 is 0 Å². The third-order valence-corrected chi connectivity index (χ3v) is 3.42. The Labute approximate surface area is 118 Å². The van der Waals surface area contributed by atoms with Crippen molar-refractivity contribution in [3.05, 3.63) is 52.4 Å². The minimum atomic E-state index is -0.653. The van der Waals surface area contributed by atoms with Gasteiger partial charge in [0.15, 0.2) is 5.65 Å². The Hall–Kier alpha value is -2.01. The highest BCUT2D eigenvalue weighted by molar-refractivity contribution is 6.30. The van der Waals surface area contributed by atoms with Crippen molar-refractivity contribution in [3.63, 3.8) is 0 Å². The fourth-order valence-electron chi connectivity index (χ4n) is 2.17. The maximum Gasteiger partial charge on any atom is 0.166 e. The molecular formula is C14H10ClF2N3. The van der Waals surface area contributed by atoms with Crippen LogP contribution in [0.25, 0.3) is 16.9 Å². The molecule has 0 atom stereocenters. The van der Waals surface area contributed by atoms with Crippen LogP contribution in [0, 0.1) is 25.5 Å². The number of imidazole rings is 1. The topological polar surface area (TPSA) is 30.7 Å². The van der Waals surface area contributed by atoms with E-state index in [2.05, 4.69) is 9.97 Å². The summed E-state index contributed by atoms with van der Waals surface area (Å²) in [5, 5.41) is 0.343. The van der Waals surface area contributed by atoms with E-state index < -0.39 is 11.6 Å². The second kappa shape index (κ2) is 4.52. The van der Waals surface area contributed by atoms with Crippen molar-refractivity contribution >= 4 is 22.8 Å². The molecule has 0 radical (unpaired) electrons. The van der Waals surface area contributed by atoms with E-state index in [0.717, 1.165) is 11.6 Å². The Bertz CT molecular complexity index is 807. The summed E-state index contributed by atoms with van der Waals surface area (Å²) in [7, 11) is 0. The van der Waals surface area contributed by atoms with Gasteiger partial charge in [0.25, 0.3) is 0 Å². The zero-order valence-electron chi connectivity index (χ0n) is 10.8. The monoisotopic (exact) mass is 293 g/mol. The first-order chi connectivity index (χ1) is 9.45. The van der Waals surface area contributed by atoms with Crippen LogP contribution in [0.1, 0.15) is 11.4 Å². The van der Waals surface area contributed by atoms with Gasteiger partial charge in [-0.05, 0) is 37.6 Å². The number of aryl methyl sites for hydroxylation is 2. The molecule has 0 aliphatic carbocycles. The molecule has 2 aromatic heterocycles. The first-order valence-corrected chi connectivity index (χ1v) is 6.32. The molecule has 3 nitrogen and oxygen atoms in total. The van der Waals surface area contributed by atoms with E-state index in [9.17, 15) is 8.78 Å². The maximum absolute atomic E-state index is 13.4. The average Bonchev–Trinajstić information content (AvgIpc) is 2.64. The minimum Gasteiger partial charge on any atom is -0.281 e. The SMILES string of the molecule is Cc1cc2nc(C)n(-c3cc(F)cc(F)c3)c2nc1Cl. The van der Waals surface area contributed by atoms with Gasteiger partial charge in [-0.3, -0.25) is 4.57 Å². The number of nitrogens with zero attached hydrogens (tertiary/aromatic N) is 3. The van der Waals surface area contributed by atoms with Gasteiger partial charge in [0.1, 0.15) is 28.1 Å². The molecule has 0 saturated carbocycles. The predicted molar refractivity (Wildman–Crippen MR) is 73.3 cm³/mol. The van der Waals surface area contributed by atoms with Gasteiger partial charge in [-0.1, -0.05) is 11.6 Å². The lowest BCUT2D eigenvalue weighted by Crippen LogP contribution is -2.00. The molecule has 0 N–H and O–H groups in total. The highest BCUT2D eigenvalue weighted by Gasteiger charge is 2.14. The zero-order valence-corrected chi connectivity index (χ0v) is 11.5.